The van der Waals surface area contributed by atoms with Crippen molar-refractivity contribution < 1.29 is 23.8 Å². The molecule has 0 spiro atoms. The summed E-state index contributed by atoms with van der Waals surface area (Å²) in [6.45, 7) is 0.863. The summed E-state index contributed by atoms with van der Waals surface area (Å²) in [6.07, 6.45) is 1.46. The zero-order chi connectivity index (χ0) is 20.4. The van der Waals surface area contributed by atoms with Gasteiger partial charge in [0.05, 0.1) is 24.0 Å². The topological polar surface area (TPSA) is 83.2 Å². The van der Waals surface area contributed by atoms with Gasteiger partial charge < -0.3 is 24.1 Å². The number of rotatable bonds is 6. The number of carbonyl (C=O) groups excluding carboxylic acids is 2. The highest BCUT2D eigenvalue weighted by Crippen LogP contribution is 2.40. The summed E-state index contributed by atoms with van der Waals surface area (Å²) in [7, 11) is 5.23. The fraction of sp³-hybridized carbons (Fsp3) is 0.300. The number of methoxy groups -OCH3 is 1. The van der Waals surface area contributed by atoms with E-state index in [1.54, 1.807) is 24.3 Å². The number of ketones is 1. The maximum Gasteiger partial charge on any atom is 0.295 e. The van der Waals surface area contributed by atoms with E-state index in [1.807, 2.05) is 19.0 Å². The maximum absolute atomic E-state index is 12.8. The lowest BCUT2D eigenvalue weighted by molar-refractivity contribution is -0.140. The molecule has 1 unspecified atom stereocenters. The average molecular weight is 405 g/mol. The Morgan fingerprint density at radius 2 is 2.07 bits per heavy atom. The first-order chi connectivity index (χ1) is 13.3. The van der Waals surface area contributed by atoms with Gasteiger partial charge in [0.25, 0.3) is 11.7 Å². The van der Waals surface area contributed by atoms with E-state index in [2.05, 4.69) is 0 Å². The van der Waals surface area contributed by atoms with Crippen LogP contribution in [0.5, 0.6) is 5.75 Å². The second-order valence-electron chi connectivity index (χ2n) is 6.66. The van der Waals surface area contributed by atoms with E-state index >= 15 is 0 Å². The predicted molar refractivity (Wildman–Crippen MR) is 104 cm³/mol. The summed E-state index contributed by atoms with van der Waals surface area (Å²) in [5, 5.41) is 11.2. The van der Waals surface area contributed by atoms with Crippen LogP contribution in [0.25, 0.3) is 5.76 Å². The van der Waals surface area contributed by atoms with Gasteiger partial charge in [0.1, 0.15) is 23.3 Å². The molecular weight excluding hydrogens is 384 g/mol. The first kappa shape index (κ1) is 20.0. The standard InChI is InChI=1S/C20H21ClN2O5/c1-22(2)8-9-23-17(15-5-4-10-28-15)16(19(25)20(23)26)18(24)12-6-7-14(27-3)13(21)11-12/h4-7,10-11,17,24H,8-9H2,1-3H3/b18-16-. The van der Waals surface area contributed by atoms with E-state index in [4.69, 9.17) is 20.8 Å². The zero-order valence-corrected chi connectivity index (χ0v) is 16.6. The number of benzene rings is 1. The number of likely N-dealkylation sites (N-methyl/N-ethyl adjacent to an activating group) is 1. The molecule has 1 aromatic heterocycles. The molecular formula is C20H21ClN2O5. The molecule has 1 aliphatic heterocycles. The normalized spacial score (nSPS) is 18.9. The van der Waals surface area contributed by atoms with Gasteiger partial charge in [-0.15, -0.1) is 0 Å². The monoisotopic (exact) mass is 404 g/mol. The third kappa shape index (κ3) is 3.63. The Morgan fingerprint density at radius 1 is 1.32 bits per heavy atom. The third-order valence-electron chi connectivity index (χ3n) is 4.57. The zero-order valence-electron chi connectivity index (χ0n) is 15.8. The molecule has 0 saturated carbocycles. The number of Topliss-reactive ketones (excluding diaryl/α,β-unsaturated/α-hetero) is 1. The Labute approximate surface area is 167 Å². The summed E-state index contributed by atoms with van der Waals surface area (Å²) in [5.74, 6) is -0.906. The smallest absolute Gasteiger partial charge is 0.295 e. The van der Waals surface area contributed by atoms with Crippen molar-refractivity contribution in [2.45, 2.75) is 6.04 Å². The van der Waals surface area contributed by atoms with Crippen molar-refractivity contribution in [1.82, 2.24) is 9.80 Å². The Balaban J connectivity index is 2.10. The Morgan fingerprint density at radius 3 is 2.64 bits per heavy atom. The van der Waals surface area contributed by atoms with Crippen molar-refractivity contribution in [3.8, 4) is 5.75 Å². The lowest BCUT2D eigenvalue weighted by Crippen LogP contribution is -2.35. The van der Waals surface area contributed by atoms with E-state index in [1.165, 1.54) is 24.3 Å². The number of halogens is 1. The van der Waals surface area contributed by atoms with Gasteiger partial charge in [-0.3, -0.25) is 9.59 Å². The van der Waals surface area contributed by atoms with Gasteiger partial charge >= 0.3 is 0 Å². The van der Waals surface area contributed by atoms with Gasteiger partial charge in [0, 0.05) is 18.7 Å². The van der Waals surface area contributed by atoms with E-state index < -0.39 is 17.7 Å². The summed E-state index contributed by atoms with van der Waals surface area (Å²) < 4.78 is 10.6. The van der Waals surface area contributed by atoms with Gasteiger partial charge in [-0.1, -0.05) is 11.6 Å². The molecule has 1 saturated heterocycles. The second kappa shape index (κ2) is 8.08. The van der Waals surface area contributed by atoms with Crippen LogP contribution in [0.3, 0.4) is 0 Å². The van der Waals surface area contributed by atoms with E-state index in [9.17, 15) is 14.7 Å². The van der Waals surface area contributed by atoms with Crippen LogP contribution >= 0.6 is 11.6 Å². The molecule has 1 amide bonds. The molecule has 8 heteroatoms. The summed E-state index contributed by atoms with van der Waals surface area (Å²) in [5.41, 5.74) is 0.285. The molecule has 2 heterocycles. The average Bonchev–Trinajstić information content (AvgIpc) is 3.27. The minimum Gasteiger partial charge on any atom is -0.507 e. The largest absolute Gasteiger partial charge is 0.507 e. The molecule has 0 aliphatic carbocycles. The minimum atomic E-state index is -0.809. The number of hydrogen-bond acceptors (Lipinski definition) is 6. The fourth-order valence-electron chi connectivity index (χ4n) is 3.13. The van der Waals surface area contributed by atoms with Crippen LogP contribution in [0.2, 0.25) is 5.02 Å². The Kier molecular flexibility index (Phi) is 5.76. The lowest BCUT2D eigenvalue weighted by atomic mass is 9.99. The van der Waals surface area contributed by atoms with Crippen molar-refractivity contribution in [3.05, 3.63) is 58.5 Å². The number of amides is 1. The number of aliphatic hydroxyl groups is 1. The number of carbonyl (C=O) groups is 2. The van der Waals surface area contributed by atoms with Gasteiger partial charge in [-0.25, -0.2) is 0 Å². The second-order valence-corrected chi connectivity index (χ2v) is 7.07. The molecule has 148 valence electrons. The van der Waals surface area contributed by atoms with E-state index in [-0.39, 0.29) is 16.4 Å². The van der Waals surface area contributed by atoms with Gasteiger partial charge in [0.2, 0.25) is 0 Å². The van der Waals surface area contributed by atoms with Crippen molar-refractivity contribution in [3.63, 3.8) is 0 Å². The molecule has 1 N–H and O–H groups in total. The third-order valence-corrected chi connectivity index (χ3v) is 4.86. The summed E-state index contributed by atoms with van der Waals surface area (Å²) in [4.78, 5) is 28.7. The Bertz CT molecular complexity index is 921. The number of likely N-dealkylation sites (tertiary alicyclic amines) is 1. The highest BCUT2D eigenvalue weighted by Gasteiger charge is 2.47. The summed E-state index contributed by atoms with van der Waals surface area (Å²) >= 11 is 6.15. The van der Waals surface area contributed by atoms with Crippen LogP contribution < -0.4 is 4.74 Å². The van der Waals surface area contributed by atoms with Crippen molar-refractivity contribution in [2.75, 3.05) is 34.3 Å². The van der Waals surface area contributed by atoms with Crippen LogP contribution in [-0.2, 0) is 9.59 Å². The van der Waals surface area contributed by atoms with Crippen LogP contribution in [0.15, 0.2) is 46.6 Å². The van der Waals surface area contributed by atoms with Crippen molar-refractivity contribution >= 4 is 29.1 Å². The fourth-order valence-corrected chi connectivity index (χ4v) is 3.39. The van der Waals surface area contributed by atoms with Crippen LogP contribution in [0.4, 0.5) is 0 Å². The molecule has 1 atom stereocenters. The number of hydrogen-bond donors (Lipinski definition) is 1. The van der Waals surface area contributed by atoms with Crippen molar-refractivity contribution in [2.24, 2.45) is 0 Å². The van der Waals surface area contributed by atoms with Gasteiger partial charge in [-0.2, -0.15) is 0 Å². The van der Waals surface area contributed by atoms with Crippen molar-refractivity contribution in [1.29, 1.82) is 0 Å². The number of ether oxygens (including phenoxy) is 1. The number of aliphatic hydroxyl groups excluding tert-OH is 1. The quantitative estimate of drug-likeness (QED) is 0.453. The van der Waals surface area contributed by atoms with E-state index in [0.717, 1.165) is 0 Å². The predicted octanol–water partition coefficient (Wildman–Crippen LogP) is 2.92. The highest BCUT2D eigenvalue weighted by molar-refractivity contribution is 6.46. The SMILES string of the molecule is COc1ccc(/C(O)=C2/C(=O)C(=O)N(CCN(C)C)C2c2ccco2)cc1Cl. The molecule has 7 nitrogen and oxygen atoms in total. The molecule has 1 aliphatic rings. The molecule has 0 radical (unpaired) electrons. The summed E-state index contributed by atoms with van der Waals surface area (Å²) in [6, 6.07) is 7.19. The lowest BCUT2D eigenvalue weighted by Gasteiger charge is -2.24. The maximum atomic E-state index is 12.8. The first-order valence-corrected chi connectivity index (χ1v) is 9.03. The van der Waals surface area contributed by atoms with Crippen LogP contribution in [0.1, 0.15) is 17.4 Å². The van der Waals surface area contributed by atoms with Crippen LogP contribution in [-0.4, -0.2) is 60.9 Å². The van der Waals surface area contributed by atoms with Crippen LogP contribution in [0, 0.1) is 0 Å². The number of nitrogens with zero attached hydrogens (tertiary/aromatic N) is 2. The van der Waals surface area contributed by atoms with E-state index in [0.29, 0.717) is 30.2 Å². The minimum absolute atomic E-state index is 0.0278. The molecule has 0 bridgehead atoms. The number of furan rings is 1. The first-order valence-electron chi connectivity index (χ1n) is 8.65. The molecule has 2 aromatic rings. The molecule has 1 fully saturated rings. The molecule has 1 aromatic carbocycles. The van der Waals surface area contributed by atoms with Gasteiger partial charge in [-0.05, 0) is 44.4 Å². The molecule has 28 heavy (non-hydrogen) atoms. The van der Waals surface area contributed by atoms with Gasteiger partial charge in [0.15, 0.2) is 0 Å². The highest BCUT2D eigenvalue weighted by atomic mass is 35.5. The Hall–Kier alpha value is -2.77. The molecule has 3 rings (SSSR count).